The lowest BCUT2D eigenvalue weighted by atomic mass is 9.67. The van der Waals surface area contributed by atoms with Gasteiger partial charge in [-0.1, -0.05) is 13.3 Å². The van der Waals surface area contributed by atoms with Crippen LogP contribution in [-0.4, -0.2) is 35.4 Å². The first kappa shape index (κ1) is 21.0. The van der Waals surface area contributed by atoms with Gasteiger partial charge in [0.2, 0.25) is 5.91 Å². The van der Waals surface area contributed by atoms with Gasteiger partial charge in [0.15, 0.2) is 6.10 Å². The summed E-state index contributed by atoms with van der Waals surface area (Å²) >= 11 is 0. The second-order valence-electron chi connectivity index (χ2n) is 8.26. The summed E-state index contributed by atoms with van der Waals surface area (Å²) in [5.74, 6) is 0.181. The molecule has 2 fully saturated rings. The van der Waals surface area contributed by atoms with Gasteiger partial charge in [-0.25, -0.2) is 0 Å². The van der Waals surface area contributed by atoms with E-state index in [1.807, 2.05) is 6.92 Å². The largest absolute Gasteiger partial charge is 0.481 e. The molecule has 0 radical (unpaired) electrons. The Morgan fingerprint density at radius 2 is 1.75 bits per heavy atom. The maximum Gasteiger partial charge on any atom is 0.425 e. The summed E-state index contributed by atoms with van der Waals surface area (Å²) in [6.07, 6.45) is -1.23. The van der Waals surface area contributed by atoms with Gasteiger partial charge in [-0.05, 0) is 69.7 Å². The first-order valence-electron chi connectivity index (χ1n) is 9.96. The quantitative estimate of drug-likeness (QED) is 0.770. The van der Waals surface area contributed by atoms with Crippen molar-refractivity contribution in [1.29, 1.82) is 0 Å². The molecule has 1 aliphatic heterocycles. The van der Waals surface area contributed by atoms with E-state index in [1.54, 1.807) is 17.0 Å². The number of nitrogens with zero attached hydrogens (tertiary/aromatic N) is 1. The molecule has 0 aromatic heterocycles. The average molecular weight is 399 g/mol. The number of hydrogen-bond acceptors (Lipinski definition) is 3. The standard InChI is InChI=1S/C21H28F3NO3/c1-3-8-20(27)11-9-19(10-12-20)13-14-25(18(19)26)16-4-6-17(7-5-16)28-15(2)21(22,23)24/h4-7,15,27H,3,8-14H2,1-2H3. The monoisotopic (exact) mass is 399 g/mol. The molecule has 1 aliphatic carbocycles. The molecule has 1 unspecified atom stereocenters. The summed E-state index contributed by atoms with van der Waals surface area (Å²) in [5, 5.41) is 10.6. The Kier molecular flexibility index (Phi) is 5.67. The summed E-state index contributed by atoms with van der Waals surface area (Å²) in [6.45, 7) is 3.60. The first-order valence-corrected chi connectivity index (χ1v) is 9.96. The predicted octanol–water partition coefficient (Wildman–Crippen LogP) is 4.84. The number of benzene rings is 1. The van der Waals surface area contributed by atoms with Crippen molar-refractivity contribution in [3.63, 3.8) is 0 Å². The van der Waals surface area contributed by atoms with Crippen molar-refractivity contribution in [2.45, 2.75) is 76.7 Å². The van der Waals surface area contributed by atoms with Gasteiger partial charge in [0.05, 0.1) is 11.0 Å². The highest BCUT2D eigenvalue weighted by molar-refractivity contribution is 6.00. The molecule has 4 nitrogen and oxygen atoms in total. The minimum atomic E-state index is -4.42. The Bertz CT molecular complexity index is 694. The summed E-state index contributed by atoms with van der Waals surface area (Å²) in [5.41, 5.74) is -0.398. The van der Waals surface area contributed by atoms with Crippen molar-refractivity contribution >= 4 is 11.6 Å². The molecule has 7 heteroatoms. The summed E-state index contributed by atoms with van der Waals surface area (Å²) in [4.78, 5) is 14.8. The Balaban J connectivity index is 1.65. The van der Waals surface area contributed by atoms with Gasteiger partial charge in [0.25, 0.3) is 0 Å². The van der Waals surface area contributed by atoms with Crippen molar-refractivity contribution < 1.29 is 27.8 Å². The minimum absolute atomic E-state index is 0.0587. The molecule has 1 atom stereocenters. The van der Waals surface area contributed by atoms with Crippen LogP contribution in [-0.2, 0) is 4.79 Å². The van der Waals surface area contributed by atoms with Crippen LogP contribution in [0.2, 0.25) is 0 Å². The zero-order chi connectivity index (χ0) is 20.6. The van der Waals surface area contributed by atoms with E-state index in [-0.39, 0.29) is 11.7 Å². The van der Waals surface area contributed by atoms with Crippen molar-refractivity contribution in [1.82, 2.24) is 0 Å². The molecule has 1 N–H and O–H groups in total. The lowest BCUT2D eigenvalue weighted by Gasteiger charge is -2.41. The summed E-state index contributed by atoms with van der Waals surface area (Å²) in [6, 6.07) is 6.20. The number of alkyl halides is 3. The number of hydrogen-bond donors (Lipinski definition) is 1. The van der Waals surface area contributed by atoms with Gasteiger partial charge in [-0.15, -0.1) is 0 Å². The number of halogens is 3. The van der Waals surface area contributed by atoms with E-state index in [1.165, 1.54) is 12.1 Å². The first-order chi connectivity index (χ1) is 13.1. The SMILES string of the molecule is CCCC1(O)CCC2(CCN(c3ccc(OC(C)C(F)(F)F)cc3)C2=O)CC1. The molecule has 2 aliphatic rings. The lowest BCUT2D eigenvalue weighted by Crippen LogP contribution is -2.43. The van der Waals surface area contributed by atoms with Crippen molar-refractivity contribution in [3.05, 3.63) is 24.3 Å². The molecule has 1 spiro atoms. The molecule has 1 saturated heterocycles. The van der Waals surface area contributed by atoms with E-state index in [4.69, 9.17) is 4.74 Å². The molecule has 0 bridgehead atoms. The van der Waals surface area contributed by atoms with Gasteiger partial charge in [-0.2, -0.15) is 13.2 Å². The molecular formula is C21H28F3NO3. The van der Waals surface area contributed by atoms with Crippen LogP contribution in [0, 0.1) is 5.41 Å². The summed E-state index contributed by atoms with van der Waals surface area (Å²) < 4.78 is 42.8. The van der Waals surface area contributed by atoms with E-state index in [0.29, 0.717) is 37.9 Å². The Morgan fingerprint density at radius 3 is 2.29 bits per heavy atom. The molecule has 1 aromatic rings. The van der Waals surface area contributed by atoms with Crippen LogP contribution in [0.1, 0.15) is 58.8 Å². The maximum absolute atomic E-state index is 13.1. The molecule has 3 rings (SSSR count). The van der Waals surface area contributed by atoms with E-state index in [0.717, 1.165) is 26.2 Å². The zero-order valence-corrected chi connectivity index (χ0v) is 16.4. The number of ether oxygens (including phenoxy) is 1. The third-order valence-corrected chi connectivity index (χ3v) is 6.29. The van der Waals surface area contributed by atoms with Crippen molar-refractivity contribution in [2.75, 3.05) is 11.4 Å². The minimum Gasteiger partial charge on any atom is -0.481 e. The number of carbonyl (C=O) groups is 1. The third-order valence-electron chi connectivity index (χ3n) is 6.29. The van der Waals surface area contributed by atoms with Gasteiger partial charge >= 0.3 is 6.18 Å². The van der Waals surface area contributed by atoms with Crippen LogP contribution < -0.4 is 9.64 Å². The highest BCUT2D eigenvalue weighted by Crippen LogP contribution is 2.49. The number of carbonyl (C=O) groups excluding carboxylic acids is 1. The van der Waals surface area contributed by atoms with Crippen LogP contribution in [0.3, 0.4) is 0 Å². The van der Waals surface area contributed by atoms with Crippen molar-refractivity contribution in [3.8, 4) is 5.75 Å². The smallest absolute Gasteiger partial charge is 0.425 e. The van der Waals surface area contributed by atoms with Crippen LogP contribution in [0.4, 0.5) is 18.9 Å². The number of aliphatic hydroxyl groups is 1. The Morgan fingerprint density at radius 1 is 1.14 bits per heavy atom. The van der Waals surface area contributed by atoms with Crippen LogP contribution in [0.5, 0.6) is 5.75 Å². The molecule has 1 aromatic carbocycles. The highest BCUT2D eigenvalue weighted by Gasteiger charge is 2.51. The second-order valence-corrected chi connectivity index (χ2v) is 8.26. The molecule has 1 amide bonds. The Hall–Kier alpha value is -1.76. The Labute approximate surface area is 163 Å². The zero-order valence-electron chi connectivity index (χ0n) is 16.4. The van der Waals surface area contributed by atoms with E-state index in [2.05, 4.69) is 0 Å². The molecule has 1 heterocycles. The molecule has 1 saturated carbocycles. The lowest BCUT2D eigenvalue weighted by molar-refractivity contribution is -0.189. The third kappa shape index (κ3) is 4.14. The van der Waals surface area contributed by atoms with Gasteiger partial charge in [0, 0.05) is 12.2 Å². The molecular weight excluding hydrogens is 371 g/mol. The maximum atomic E-state index is 13.1. The average Bonchev–Trinajstić information content (AvgIpc) is 2.95. The predicted molar refractivity (Wildman–Crippen MR) is 100 cm³/mol. The van der Waals surface area contributed by atoms with Gasteiger partial charge < -0.3 is 14.7 Å². The fraction of sp³-hybridized carbons (Fsp3) is 0.667. The van der Waals surface area contributed by atoms with Crippen molar-refractivity contribution in [2.24, 2.45) is 5.41 Å². The van der Waals surface area contributed by atoms with Gasteiger partial charge in [0.1, 0.15) is 5.75 Å². The summed E-state index contributed by atoms with van der Waals surface area (Å²) in [7, 11) is 0. The fourth-order valence-electron chi connectivity index (χ4n) is 4.42. The van der Waals surface area contributed by atoms with E-state index in [9.17, 15) is 23.1 Å². The van der Waals surface area contributed by atoms with E-state index < -0.39 is 23.3 Å². The van der Waals surface area contributed by atoms with Crippen LogP contribution in [0.15, 0.2) is 24.3 Å². The van der Waals surface area contributed by atoms with Crippen LogP contribution in [0.25, 0.3) is 0 Å². The normalized spacial score (nSPS) is 29.4. The number of amides is 1. The number of rotatable bonds is 5. The topological polar surface area (TPSA) is 49.8 Å². The fourth-order valence-corrected chi connectivity index (χ4v) is 4.42. The van der Waals surface area contributed by atoms with Gasteiger partial charge in [-0.3, -0.25) is 4.79 Å². The molecule has 156 valence electrons. The van der Waals surface area contributed by atoms with Crippen LogP contribution >= 0.6 is 0 Å². The van der Waals surface area contributed by atoms with E-state index >= 15 is 0 Å². The molecule has 28 heavy (non-hydrogen) atoms. The highest BCUT2D eigenvalue weighted by atomic mass is 19.4. The second kappa shape index (κ2) is 7.58. The number of anilines is 1.